The summed E-state index contributed by atoms with van der Waals surface area (Å²) >= 11 is 0. The van der Waals surface area contributed by atoms with Crippen molar-refractivity contribution in [2.75, 3.05) is 0 Å². The van der Waals surface area contributed by atoms with Crippen molar-refractivity contribution in [3.8, 4) is 0 Å². The predicted octanol–water partition coefficient (Wildman–Crippen LogP) is 2.91. The van der Waals surface area contributed by atoms with Crippen LogP contribution in [0.2, 0.25) is 0 Å². The van der Waals surface area contributed by atoms with Gasteiger partial charge in [0.2, 0.25) is 0 Å². The molecule has 3 fully saturated rings. The molecule has 0 spiro atoms. The van der Waals surface area contributed by atoms with Gasteiger partial charge in [0.15, 0.2) is 0 Å². The first-order valence-corrected chi connectivity index (χ1v) is 6.96. The minimum Gasteiger partial charge on any atom is -0.390 e. The summed E-state index contributed by atoms with van der Waals surface area (Å²) in [6.45, 7) is 10.7. The van der Waals surface area contributed by atoms with E-state index in [9.17, 15) is 5.11 Å². The quantitative estimate of drug-likeness (QED) is 0.561. The molecular formula is C15H24O2. The molecular weight excluding hydrogens is 212 g/mol. The van der Waals surface area contributed by atoms with Crippen LogP contribution in [0.15, 0.2) is 12.2 Å². The Morgan fingerprint density at radius 1 is 1.41 bits per heavy atom. The molecule has 0 unspecified atom stereocenters. The first-order chi connectivity index (χ1) is 7.88. The summed E-state index contributed by atoms with van der Waals surface area (Å²) < 4.78 is 6.10. The summed E-state index contributed by atoms with van der Waals surface area (Å²) in [7, 11) is 0. The number of hydrogen-bond acceptors (Lipinski definition) is 2. The van der Waals surface area contributed by atoms with E-state index in [0.717, 1.165) is 25.7 Å². The standard InChI is InChI=1S/C15H24O2/c1-9(2)15-8-5-10(3)11-6-7-14(4,16)12(11)13(15)17-15/h9,11-13,16H,3,5-8H2,1-2,4H3/t11-,12+,13-,14-,15-/m1/s1. The number of allylic oxidation sites excluding steroid dienone is 1. The first kappa shape index (κ1) is 11.7. The molecule has 1 heterocycles. The van der Waals surface area contributed by atoms with E-state index in [2.05, 4.69) is 20.4 Å². The van der Waals surface area contributed by atoms with E-state index in [-0.39, 0.29) is 17.6 Å². The van der Waals surface area contributed by atoms with E-state index in [0.29, 0.717) is 11.8 Å². The van der Waals surface area contributed by atoms with Gasteiger partial charge in [0, 0.05) is 5.92 Å². The molecule has 2 nitrogen and oxygen atoms in total. The van der Waals surface area contributed by atoms with Gasteiger partial charge in [-0.25, -0.2) is 0 Å². The molecule has 2 heteroatoms. The lowest BCUT2D eigenvalue weighted by Crippen LogP contribution is -2.38. The third-order valence-corrected chi connectivity index (χ3v) is 5.55. The molecule has 5 atom stereocenters. The van der Waals surface area contributed by atoms with Crippen molar-refractivity contribution in [3.05, 3.63) is 12.2 Å². The monoisotopic (exact) mass is 236 g/mol. The van der Waals surface area contributed by atoms with Crippen LogP contribution in [-0.4, -0.2) is 22.4 Å². The number of epoxide rings is 1. The molecule has 1 saturated heterocycles. The van der Waals surface area contributed by atoms with E-state index in [4.69, 9.17) is 4.74 Å². The lowest BCUT2D eigenvalue weighted by molar-refractivity contribution is 0.00193. The van der Waals surface area contributed by atoms with E-state index >= 15 is 0 Å². The zero-order chi connectivity index (χ0) is 12.4. The van der Waals surface area contributed by atoms with Crippen LogP contribution in [0, 0.1) is 17.8 Å². The van der Waals surface area contributed by atoms with Crippen molar-refractivity contribution < 1.29 is 9.84 Å². The van der Waals surface area contributed by atoms with Crippen molar-refractivity contribution in [3.63, 3.8) is 0 Å². The van der Waals surface area contributed by atoms with Gasteiger partial charge in [0.05, 0.1) is 17.3 Å². The zero-order valence-corrected chi connectivity index (χ0v) is 11.2. The summed E-state index contributed by atoms with van der Waals surface area (Å²) in [6.07, 6.45) is 4.42. The highest BCUT2D eigenvalue weighted by atomic mass is 16.6. The van der Waals surface area contributed by atoms with Gasteiger partial charge < -0.3 is 9.84 Å². The molecule has 1 aliphatic heterocycles. The maximum atomic E-state index is 10.6. The zero-order valence-electron chi connectivity index (χ0n) is 11.2. The van der Waals surface area contributed by atoms with Crippen molar-refractivity contribution in [1.82, 2.24) is 0 Å². The second-order valence-electron chi connectivity index (χ2n) is 6.83. The van der Waals surface area contributed by atoms with Gasteiger partial charge in [-0.05, 0) is 44.4 Å². The van der Waals surface area contributed by atoms with Gasteiger partial charge in [-0.15, -0.1) is 0 Å². The smallest absolute Gasteiger partial charge is 0.0978 e. The highest BCUT2D eigenvalue weighted by Crippen LogP contribution is 2.61. The fourth-order valence-corrected chi connectivity index (χ4v) is 4.30. The average Bonchev–Trinajstić information content (AvgIpc) is 2.88. The van der Waals surface area contributed by atoms with Crippen LogP contribution < -0.4 is 0 Å². The van der Waals surface area contributed by atoms with Gasteiger partial charge in [0.1, 0.15) is 0 Å². The molecule has 1 N–H and O–H groups in total. The number of aliphatic hydroxyl groups is 1. The average molecular weight is 236 g/mol. The minimum atomic E-state index is -0.556. The van der Waals surface area contributed by atoms with Crippen molar-refractivity contribution >= 4 is 0 Å². The fraction of sp³-hybridized carbons (Fsp3) is 0.867. The Hall–Kier alpha value is -0.340. The van der Waals surface area contributed by atoms with Crippen LogP contribution in [0.5, 0.6) is 0 Å². The summed E-state index contributed by atoms with van der Waals surface area (Å²) in [5, 5.41) is 10.6. The maximum Gasteiger partial charge on any atom is 0.0978 e. The molecule has 2 saturated carbocycles. The normalized spacial score (nSPS) is 53.2. The van der Waals surface area contributed by atoms with Gasteiger partial charge in [0.25, 0.3) is 0 Å². The minimum absolute atomic E-state index is 0.0384. The molecule has 0 amide bonds. The molecule has 96 valence electrons. The SMILES string of the molecule is C=C1CC[C@]2(C(C)C)O[C@@H]2[C@@H]2[C@@H]1CC[C@@]2(C)O. The summed E-state index contributed by atoms with van der Waals surface area (Å²) in [5.74, 6) is 1.30. The summed E-state index contributed by atoms with van der Waals surface area (Å²) in [4.78, 5) is 0. The Labute approximate surface area is 104 Å². The largest absolute Gasteiger partial charge is 0.390 e. The second-order valence-corrected chi connectivity index (χ2v) is 6.83. The van der Waals surface area contributed by atoms with Gasteiger partial charge >= 0.3 is 0 Å². The molecule has 0 aromatic heterocycles. The summed E-state index contributed by atoms with van der Waals surface area (Å²) in [6, 6.07) is 0. The topological polar surface area (TPSA) is 32.8 Å². The third kappa shape index (κ3) is 1.47. The molecule has 2 aliphatic carbocycles. The molecule has 0 radical (unpaired) electrons. The molecule has 0 aromatic carbocycles. The van der Waals surface area contributed by atoms with Crippen LogP contribution in [0.1, 0.15) is 46.5 Å². The van der Waals surface area contributed by atoms with Crippen LogP contribution in [0.3, 0.4) is 0 Å². The Bertz CT molecular complexity index is 358. The van der Waals surface area contributed by atoms with Crippen LogP contribution in [0.4, 0.5) is 0 Å². The van der Waals surface area contributed by atoms with Crippen LogP contribution in [-0.2, 0) is 4.74 Å². The van der Waals surface area contributed by atoms with Crippen molar-refractivity contribution in [1.29, 1.82) is 0 Å². The van der Waals surface area contributed by atoms with Crippen molar-refractivity contribution in [2.45, 2.75) is 63.8 Å². The second kappa shape index (κ2) is 3.36. The Kier molecular flexibility index (Phi) is 2.32. The van der Waals surface area contributed by atoms with Crippen molar-refractivity contribution in [2.24, 2.45) is 17.8 Å². The molecule has 3 aliphatic rings. The fourth-order valence-electron chi connectivity index (χ4n) is 4.30. The number of ether oxygens (including phenoxy) is 1. The Morgan fingerprint density at radius 3 is 2.76 bits per heavy atom. The van der Waals surface area contributed by atoms with Crippen LogP contribution >= 0.6 is 0 Å². The van der Waals surface area contributed by atoms with Gasteiger partial charge in [-0.1, -0.05) is 26.0 Å². The number of hydrogen-bond donors (Lipinski definition) is 1. The number of rotatable bonds is 1. The molecule has 0 aromatic rings. The third-order valence-electron chi connectivity index (χ3n) is 5.55. The lowest BCUT2D eigenvalue weighted by Gasteiger charge is -2.28. The van der Waals surface area contributed by atoms with E-state index in [1.54, 1.807) is 0 Å². The summed E-state index contributed by atoms with van der Waals surface area (Å²) in [5.41, 5.74) is 0.833. The maximum absolute atomic E-state index is 10.6. The number of fused-ring (bicyclic) bond motifs is 3. The first-order valence-electron chi connectivity index (χ1n) is 6.96. The Balaban J connectivity index is 1.96. The highest BCUT2D eigenvalue weighted by Gasteiger charge is 2.68. The van der Waals surface area contributed by atoms with E-state index in [1.165, 1.54) is 5.57 Å². The molecule has 3 rings (SSSR count). The predicted molar refractivity (Wildman–Crippen MR) is 67.7 cm³/mol. The molecule has 17 heavy (non-hydrogen) atoms. The Morgan fingerprint density at radius 2 is 2.12 bits per heavy atom. The van der Waals surface area contributed by atoms with Gasteiger partial charge in [-0.3, -0.25) is 0 Å². The van der Waals surface area contributed by atoms with Gasteiger partial charge in [-0.2, -0.15) is 0 Å². The lowest BCUT2D eigenvalue weighted by atomic mass is 9.77. The van der Waals surface area contributed by atoms with E-state index < -0.39 is 5.60 Å². The van der Waals surface area contributed by atoms with E-state index in [1.807, 2.05) is 6.92 Å². The highest BCUT2D eigenvalue weighted by molar-refractivity contribution is 5.23. The molecule has 0 bridgehead atoms. The van der Waals surface area contributed by atoms with Crippen LogP contribution in [0.25, 0.3) is 0 Å².